The summed E-state index contributed by atoms with van der Waals surface area (Å²) in [5.41, 5.74) is -0.825. The maximum Gasteiger partial charge on any atom is 0.346 e. The number of rotatable bonds is 12. The Balaban J connectivity index is 1.52. The van der Waals surface area contributed by atoms with Crippen LogP contribution >= 0.6 is 0 Å². The minimum Gasteiger partial charge on any atom is -0.496 e. The van der Waals surface area contributed by atoms with Crippen molar-refractivity contribution in [2.45, 2.75) is 44.7 Å². The van der Waals surface area contributed by atoms with Gasteiger partial charge in [0.25, 0.3) is 5.91 Å². The molecule has 3 aromatic rings. The number of para-hydroxylation sites is 1. The van der Waals surface area contributed by atoms with Crippen LogP contribution in [-0.2, 0) is 16.0 Å². The Kier molecular flexibility index (Phi) is 10.6. The average Bonchev–Trinajstić information content (AvgIpc) is 3.05. The lowest BCUT2D eigenvalue weighted by Gasteiger charge is -2.43. The minimum absolute atomic E-state index is 0.0336. The average molecular weight is 635 g/mol. The highest BCUT2D eigenvalue weighted by atomic mass is 16.5. The Morgan fingerprint density at radius 3 is 2.20 bits per heavy atom. The Bertz CT molecular complexity index is 1610. The van der Waals surface area contributed by atoms with Crippen molar-refractivity contribution in [2.75, 3.05) is 37.5 Å². The first kappa shape index (κ1) is 33.5. The summed E-state index contributed by atoms with van der Waals surface area (Å²) in [6.45, 7) is 4.53. The third-order valence-electron chi connectivity index (χ3n) is 7.89. The first-order valence-corrected chi connectivity index (χ1v) is 14.7. The van der Waals surface area contributed by atoms with Crippen molar-refractivity contribution in [2.24, 2.45) is 5.92 Å². The molecule has 1 aliphatic rings. The zero-order chi connectivity index (χ0) is 33.4. The zero-order valence-electron chi connectivity index (χ0n) is 26.1. The quantitative estimate of drug-likeness (QED) is 0.198. The van der Waals surface area contributed by atoms with Crippen molar-refractivity contribution in [1.29, 1.82) is 0 Å². The highest BCUT2D eigenvalue weighted by Gasteiger charge is 2.44. The van der Waals surface area contributed by atoms with E-state index in [0.717, 1.165) is 5.69 Å². The Labute approximate surface area is 265 Å². The summed E-state index contributed by atoms with van der Waals surface area (Å²) < 4.78 is 10.6. The predicted molar refractivity (Wildman–Crippen MR) is 170 cm³/mol. The van der Waals surface area contributed by atoms with Crippen molar-refractivity contribution in [3.63, 3.8) is 0 Å². The van der Waals surface area contributed by atoms with E-state index in [1.165, 1.54) is 20.4 Å². The van der Waals surface area contributed by atoms with Gasteiger partial charge in [0.15, 0.2) is 5.78 Å². The summed E-state index contributed by atoms with van der Waals surface area (Å²) in [5.74, 6) is -2.44. The number of carboxylic acid groups (broad SMARTS) is 1. The number of carbonyl (C=O) groups excluding carboxylic acids is 3. The summed E-state index contributed by atoms with van der Waals surface area (Å²) in [5, 5.41) is 17.8. The van der Waals surface area contributed by atoms with Gasteiger partial charge in [-0.1, -0.05) is 38.1 Å². The lowest BCUT2D eigenvalue weighted by atomic mass is 9.79. The van der Waals surface area contributed by atoms with Crippen LogP contribution in [0.15, 0.2) is 59.5 Å². The zero-order valence-corrected chi connectivity index (χ0v) is 26.1. The molecule has 1 atom stereocenters. The molecule has 46 heavy (non-hydrogen) atoms. The molecule has 14 heteroatoms. The van der Waals surface area contributed by atoms with Gasteiger partial charge >= 0.3 is 17.7 Å². The molecular formula is C32H38N6O8. The van der Waals surface area contributed by atoms with Gasteiger partial charge in [0.05, 0.1) is 14.2 Å². The molecule has 1 unspecified atom stereocenters. The number of aromatic amines is 1. The monoisotopic (exact) mass is 634 g/mol. The number of aliphatic carboxylic acids is 1. The molecule has 1 aromatic heterocycles. The summed E-state index contributed by atoms with van der Waals surface area (Å²) >= 11 is 0. The molecule has 0 bridgehead atoms. The summed E-state index contributed by atoms with van der Waals surface area (Å²) in [6, 6.07) is 12.1. The van der Waals surface area contributed by atoms with E-state index in [4.69, 9.17) is 9.47 Å². The first-order valence-electron chi connectivity index (χ1n) is 14.7. The van der Waals surface area contributed by atoms with Crippen LogP contribution in [0.4, 0.5) is 16.3 Å². The number of H-pyrrole nitrogens is 1. The number of methoxy groups -OCH3 is 2. The van der Waals surface area contributed by atoms with Crippen LogP contribution in [0.25, 0.3) is 0 Å². The van der Waals surface area contributed by atoms with E-state index in [-0.39, 0.29) is 46.6 Å². The molecule has 0 aliphatic carbocycles. The molecule has 244 valence electrons. The molecule has 2 aromatic carbocycles. The maximum absolute atomic E-state index is 13.4. The normalized spacial score (nSPS) is 14.6. The number of ketones is 1. The summed E-state index contributed by atoms with van der Waals surface area (Å²) in [7, 11) is 2.75. The van der Waals surface area contributed by atoms with Gasteiger partial charge in [-0.3, -0.25) is 9.59 Å². The standard InChI is InChI=1S/C32H38N6O8/c1-19(2)26(39)32(13-15-38(16-14-32)21-9-6-5-7-10-21)37-31(44)34-22(29(41)42)17-20-18-33-30(43)36-27(20)35-28(40)25-23(45-3)11-8-12-24(25)46-4/h5-12,18-19,22H,13-17H2,1-4H3,(H,41,42)(H2,34,37,44)(H2,33,35,36,40,43). The molecule has 14 nitrogen and oxygen atoms in total. The third kappa shape index (κ3) is 7.62. The molecule has 0 radical (unpaired) electrons. The Morgan fingerprint density at radius 2 is 1.63 bits per heavy atom. The van der Waals surface area contributed by atoms with Crippen molar-refractivity contribution in [3.05, 3.63) is 76.3 Å². The van der Waals surface area contributed by atoms with Crippen molar-refractivity contribution in [1.82, 2.24) is 20.6 Å². The van der Waals surface area contributed by atoms with E-state index < -0.39 is 35.2 Å². The van der Waals surface area contributed by atoms with Gasteiger partial charge in [-0.05, 0) is 37.1 Å². The van der Waals surface area contributed by atoms with E-state index in [2.05, 4.69) is 30.8 Å². The third-order valence-corrected chi connectivity index (χ3v) is 7.89. The second kappa shape index (κ2) is 14.6. The van der Waals surface area contributed by atoms with E-state index in [9.17, 15) is 29.1 Å². The highest BCUT2D eigenvalue weighted by Crippen LogP contribution is 2.31. The Hall–Kier alpha value is -5.40. The lowest BCUT2D eigenvalue weighted by molar-refractivity contribution is -0.139. The van der Waals surface area contributed by atoms with Crippen LogP contribution in [-0.4, -0.2) is 77.7 Å². The number of nitrogens with one attached hydrogen (secondary N) is 4. The molecule has 0 saturated carbocycles. The fraction of sp³-hybridized carbons (Fsp3) is 0.375. The minimum atomic E-state index is -1.51. The smallest absolute Gasteiger partial charge is 0.346 e. The number of aromatic nitrogens is 2. The maximum atomic E-state index is 13.4. The molecule has 1 fully saturated rings. The number of Topliss-reactive ketones (excluding diaryl/α,β-unsaturated/α-hetero) is 1. The van der Waals surface area contributed by atoms with Gasteiger partial charge < -0.3 is 40.4 Å². The second-order valence-corrected chi connectivity index (χ2v) is 11.2. The summed E-state index contributed by atoms with van der Waals surface area (Å²) in [4.78, 5) is 72.7. The molecule has 4 rings (SSSR count). The van der Waals surface area contributed by atoms with Crippen LogP contribution < -0.4 is 36.0 Å². The fourth-order valence-corrected chi connectivity index (χ4v) is 5.53. The number of carbonyl (C=O) groups is 4. The molecule has 1 aliphatic heterocycles. The molecule has 3 amide bonds. The number of hydrogen-bond donors (Lipinski definition) is 5. The molecule has 2 heterocycles. The molecule has 1 saturated heterocycles. The van der Waals surface area contributed by atoms with Crippen LogP contribution in [0.3, 0.4) is 0 Å². The van der Waals surface area contributed by atoms with E-state index in [1.54, 1.807) is 32.0 Å². The lowest BCUT2D eigenvalue weighted by Crippen LogP contribution is -2.64. The van der Waals surface area contributed by atoms with Crippen LogP contribution in [0, 0.1) is 5.92 Å². The van der Waals surface area contributed by atoms with Crippen molar-refractivity contribution < 1.29 is 33.8 Å². The van der Waals surface area contributed by atoms with E-state index >= 15 is 0 Å². The molecule has 0 spiro atoms. The number of urea groups is 1. The topological polar surface area (TPSA) is 192 Å². The summed E-state index contributed by atoms with van der Waals surface area (Å²) in [6.07, 6.45) is 1.51. The first-order chi connectivity index (χ1) is 22.0. The SMILES string of the molecule is COc1cccc(OC)c1C(=O)Nc1nc(=O)[nH]cc1CC(NC(=O)NC1(C(=O)C(C)C)CCN(c2ccccc2)CC1)C(=O)O. The number of nitrogens with zero attached hydrogens (tertiary/aromatic N) is 2. The number of ether oxygens (including phenoxy) is 2. The van der Waals surface area contributed by atoms with Crippen LogP contribution in [0.2, 0.25) is 0 Å². The Morgan fingerprint density at radius 1 is 1.00 bits per heavy atom. The fourth-order valence-electron chi connectivity index (χ4n) is 5.53. The second-order valence-electron chi connectivity index (χ2n) is 11.2. The molecule has 5 N–H and O–H groups in total. The van der Waals surface area contributed by atoms with Crippen molar-refractivity contribution >= 4 is 35.2 Å². The number of hydrogen-bond acceptors (Lipinski definition) is 9. The molecular weight excluding hydrogens is 596 g/mol. The van der Waals surface area contributed by atoms with Gasteiger partial charge in [-0.25, -0.2) is 14.4 Å². The van der Waals surface area contributed by atoms with Gasteiger partial charge in [0, 0.05) is 42.9 Å². The van der Waals surface area contributed by atoms with E-state index in [1.807, 2.05) is 30.3 Å². The van der Waals surface area contributed by atoms with Gasteiger partial charge in [0.2, 0.25) is 0 Å². The van der Waals surface area contributed by atoms with Crippen molar-refractivity contribution in [3.8, 4) is 11.5 Å². The number of piperidine rings is 1. The van der Waals surface area contributed by atoms with Crippen LogP contribution in [0.5, 0.6) is 11.5 Å². The number of anilines is 2. The highest BCUT2D eigenvalue weighted by molar-refractivity contribution is 6.08. The van der Waals surface area contributed by atoms with Crippen LogP contribution in [0.1, 0.15) is 42.6 Å². The number of carboxylic acids is 1. The largest absolute Gasteiger partial charge is 0.496 e. The van der Waals surface area contributed by atoms with Gasteiger partial charge in [-0.2, -0.15) is 4.98 Å². The predicted octanol–water partition coefficient (Wildman–Crippen LogP) is 2.60. The number of benzene rings is 2. The van der Waals surface area contributed by atoms with E-state index in [0.29, 0.717) is 25.9 Å². The van der Waals surface area contributed by atoms with Gasteiger partial charge in [-0.15, -0.1) is 0 Å². The van der Waals surface area contributed by atoms with Gasteiger partial charge in [0.1, 0.15) is 34.5 Å². The number of amides is 3.